The zero-order chi connectivity index (χ0) is 19.5. The van der Waals surface area contributed by atoms with Crippen molar-refractivity contribution in [1.82, 2.24) is 19.7 Å². The van der Waals surface area contributed by atoms with Gasteiger partial charge >= 0.3 is 0 Å². The third-order valence-corrected chi connectivity index (χ3v) is 6.78. The quantitative estimate of drug-likeness (QED) is 0.684. The molecule has 0 spiro atoms. The van der Waals surface area contributed by atoms with Gasteiger partial charge in [-0.15, -0.1) is 11.3 Å². The molecule has 3 heterocycles. The van der Waals surface area contributed by atoms with Gasteiger partial charge in [-0.2, -0.15) is 0 Å². The van der Waals surface area contributed by atoms with Crippen LogP contribution in [0.2, 0.25) is 0 Å². The highest BCUT2D eigenvalue weighted by Crippen LogP contribution is 2.20. The van der Waals surface area contributed by atoms with Crippen LogP contribution in [0, 0.1) is 0 Å². The van der Waals surface area contributed by atoms with Gasteiger partial charge in [0.25, 0.3) is 5.91 Å². The lowest BCUT2D eigenvalue weighted by Crippen LogP contribution is -2.64. The SMILES string of the molecule is O=C(CCc1ccc(Br)cc1)N1CC(N2CCN(C(=O)c3nccs3)CC2)C1. The number of carbonyl (C=O) groups excluding carboxylic acids is 2. The van der Waals surface area contributed by atoms with E-state index in [-0.39, 0.29) is 11.8 Å². The van der Waals surface area contributed by atoms with E-state index >= 15 is 0 Å². The molecule has 0 aliphatic carbocycles. The summed E-state index contributed by atoms with van der Waals surface area (Å²) in [7, 11) is 0. The van der Waals surface area contributed by atoms with Crippen LogP contribution in [0.1, 0.15) is 21.8 Å². The van der Waals surface area contributed by atoms with Crippen LogP contribution in [-0.2, 0) is 11.2 Å². The van der Waals surface area contributed by atoms with Crippen molar-refractivity contribution in [1.29, 1.82) is 0 Å². The molecule has 2 aromatic rings. The van der Waals surface area contributed by atoms with Gasteiger partial charge in [0, 0.05) is 67.8 Å². The summed E-state index contributed by atoms with van der Waals surface area (Å²) in [4.78, 5) is 35.1. The van der Waals surface area contributed by atoms with Gasteiger partial charge in [0.2, 0.25) is 5.91 Å². The highest BCUT2D eigenvalue weighted by molar-refractivity contribution is 9.10. The van der Waals surface area contributed by atoms with E-state index in [0.29, 0.717) is 17.5 Å². The Morgan fingerprint density at radius 2 is 1.79 bits per heavy atom. The minimum atomic E-state index is 0.0352. The van der Waals surface area contributed by atoms with Crippen molar-refractivity contribution in [2.24, 2.45) is 0 Å². The third-order valence-electron chi connectivity index (χ3n) is 5.49. The van der Waals surface area contributed by atoms with Crippen molar-refractivity contribution in [2.75, 3.05) is 39.3 Å². The average molecular weight is 463 g/mol. The monoisotopic (exact) mass is 462 g/mol. The number of aromatic nitrogens is 1. The molecule has 2 aliphatic rings. The highest BCUT2D eigenvalue weighted by Gasteiger charge is 2.36. The summed E-state index contributed by atoms with van der Waals surface area (Å²) in [6.45, 7) is 4.80. The third kappa shape index (κ3) is 4.45. The number of rotatable bonds is 5. The standard InChI is InChI=1S/C20H23BrN4O2S/c21-16-4-1-15(2-5-16)3-6-18(26)25-13-17(14-25)23-8-10-24(11-9-23)20(27)19-22-7-12-28-19/h1-2,4-5,7,12,17H,3,6,8-11,13-14H2. The molecular weight excluding hydrogens is 440 g/mol. The Balaban J connectivity index is 1.18. The molecule has 0 bridgehead atoms. The Bertz CT molecular complexity index is 813. The summed E-state index contributed by atoms with van der Waals surface area (Å²) in [5.74, 6) is 0.268. The van der Waals surface area contributed by atoms with E-state index in [9.17, 15) is 9.59 Å². The van der Waals surface area contributed by atoms with Crippen molar-refractivity contribution in [3.8, 4) is 0 Å². The molecule has 6 nitrogen and oxygen atoms in total. The lowest BCUT2D eigenvalue weighted by molar-refractivity contribution is -0.139. The molecule has 4 rings (SSSR count). The Morgan fingerprint density at radius 3 is 2.43 bits per heavy atom. The van der Waals surface area contributed by atoms with E-state index in [1.807, 2.05) is 27.3 Å². The smallest absolute Gasteiger partial charge is 0.282 e. The number of amides is 2. The summed E-state index contributed by atoms with van der Waals surface area (Å²) < 4.78 is 1.06. The van der Waals surface area contributed by atoms with Crippen LogP contribution in [0.15, 0.2) is 40.3 Å². The maximum atomic E-state index is 12.4. The summed E-state index contributed by atoms with van der Waals surface area (Å²) >= 11 is 4.82. The first-order valence-electron chi connectivity index (χ1n) is 9.55. The average Bonchev–Trinajstić information content (AvgIpc) is 3.21. The number of carbonyl (C=O) groups is 2. The number of likely N-dealkylation sites (tertiary alicyclic amines) is 1. The number of nitrogens with zero attached hydrogens (tertiary/aromatic N) is 4. The van der Waals surface area contributed by atoms with Crippen molar-refractivity contribution >= 4 is 39.1 Å². The maximum Gasteiger partial charge on any atom is 0.282 e. The van der Waals surface area contributed by atoms with Crippen LogP contribution in [0.25, 0.3) is 0 Å². The molecule has 0 N–H and O–H groups in total. The number of aryl methyl sites for hydroxylation is 1. The summed E-state index contributed by atoms with van der Waals surface area (Å²) in [5, 5.41) is 2.40. The Hall–Kier alpha value is -1.77. The van der Waals surface area contributed by atoms with E-state index in [2.05, 4.69) is 37.9 Å². The molecule has 1 aromatic heterocycles. The minimum Gasteiger partial charge on any atom is -0.339 e. The molecule has 8 heteroatoms. The van der Waals surface area contributed by atoms with Gasteiger partial charge in [0.1, 0.15) is 0 Å². The van der Waals surface area contributed by atoms with Crippen LogP contribution in [0.4, 0.5) is 0 Å². The fourth-order valence-electron chi connectivity index (χ4n) is 3.70. The predicted molar refractivity (Wildman–Crippen MR) is 112 cm³/mol. The molecule has 28 heavy (non-hydrogen) atoms. The fraction of sp³-hybridized carbons (Fsp3) is 0.450. The van der Waals surface area contributed by atoms with Crippen LogP contribution in [-0.4, -0.2) is 76.8 Å². The maximum absolute atomic E-state index is 12.4. The molecule has 1 aromatic carbocycles. The lowest BCUT2D eigenvalue weighted by atomic mass is 10.0. The number of halogens is 1. The number of thiazole rings is 1. The van der Waals surface area contributed by atoms with Crippen molar-refractivity contribution in [2.45, 2.75) is 18.9 Å². The van der Waals surface area contributed by atoms with Gasteiger partial charge in [-0.25, -0.2) is 4.98 Å². The largest absolute Gasteiger partial charge is 0.339 e. The summed E-state index contributed by atoms with van der Waals surface area (Å²) in [6.07, 6.45) is 3.01. The van der Waals surface area contributed by atoms with Crippen LogP contribution >= 0.6 is 27.3 Å². The zero-order valence-electron chi connectivity index (χ0n) is 15.6. The number of hydrogen-bond donors (Lipinski definition) is 0. The van der Waals surface area contributed by atoms with Gasteiger partial charge in [-0.1, -0.05) is 28.1 Å². The van der Waals surface area contributed by atoms with Crippen LogP contribution < -0.4 is 0 Å². The molecule has 0 radical (unpaired) electrons. The van der Waals surface area contributed by atoms with E-state index in [0.717, 1.165) is 50.2 Å². The zero-order valence-corrected chi connectivity index (χ0v) is 18.0. The van der Waals surface area contributed by atoms with E-state index < -0.39 is 0 Å². The number of benzene rings is 1. The van der Waals surface area contributed by atoms with Crippen molar-refractivity contribution in [3.63, 3.8) is 0 Å². The van der Waals surface area contributed by atoms with Gasteiger partial charge in [-0.05, 0) is 24.1 Å². The molecule has 148 valence electrons. The molecule has 0 atom stereocenters. The van der Waals surface area contributed by atoms with Crippen molar-refractivity contribution < 1.29 is 9.59 Å². The van der Waals surface area contributed by atoms with Gasteiger partial charge in [0.05, 0.1) is 0 Å². The van der Waals surface area contributed by atoms with Crippen LogP contribution in [0.3, 0.4) is 0 Å². The van der Waals surface area contributed by atoms with E-state index in [1.165, 1.54) is 16.9 Å². The topological polar surface area (TPSA) is 56.8 Å². The van der Waals surface area contributed by atoms with E-state index in [4.69, 9.17) is 0 Å². The summed E-state index contributed by atoms with van der Waals surface area (Å²) in [5.41, 5.74) is 1.19. The lowest BCUT2D eigenvalue weighted by Gasteiger charge is -2.48. The predicted octanol–water partition coefficient (Wildman–Crippen LogP) is 2.51. The molecule has 2 amide bonds. The van der Waals surface area contributed by atoms with Crippen molar-refractivity contribution in [3.05, 3.63) is 50.9 Å². The highest BCUT2D eigenvalue weighted by atomic mass is 79.9. The Labute approximate surface area is 177 Å². The first-order valence-corrected chi connectivity index (χ1v) is 11.2. The van der Waals surface area contributed by atoms with Gasteiger partial charge in [-0.3, -0.25) is 14.5 Å². The number of piperazine rings is 1. The molecule has 2 aliphatic heterocycles. The Kier molecular flexibility index (Phi) is 6.08. The molecule has 0 unspecified atom stereocenters. The van der Waals surface area contributed by atoms with Crippen LogP contribution in [0.5, 0.6) is 0 Å². The van der Waals surface area contributed by atoms with Gasteiger partial charge in [0.15, 0.2) is 5.01 Å². The summed E-state index contributed by atoms with van der Waals surface area (Å²) in [6, 6.07) is 8.57. The minimum absolute atomic E-state index is 0.0352. The normalized spacial score (nSPS) is 18.2. The second-order valence-corrected chi connectivity index (χ2v) is 9.05. The molecule has 2 saturated heterocycles. The second kappa shape index (κ2) is 8.71. The van der Waals surface area contributed by atoms with Gasteiger partial charge < -0.3 is 9.80 Å². The number of hydrogen-bond acceptors (Lipinski definition) is 5. The first kappa shape index (κ1) is 19.5. The fourth-order valence-corrected chi connectivity index (χ4v) is 4.57. The molecule has 2 fully saturated rings. The Morgan fingerprint density at radius 1 is 1.07 bits per heavy atom. The molecule has 0 saturated carbocycles. The molecular formula is C20H23BrN4O2S. The second-order valence-electron chi connectivity index (χ2n) is 7.24. The van der Waals surface area contributed by atoms with E-state index in [1.54, 1.807) is 6.20 Å². The first-order chi connectivity index (χ1) is 13.6.